The molecule has 0 aromatic heterocycles. The molecule has 0 aliphatic carbocycles. The monoisotopic (exact) mass is 306 g/mol. The summed E-state index contributed by atoms with van der Waals surface area (Å²) in [6.07, 6.45) is 0. The topological polar surface area (TPSA) is 30.0 Å². The summed E-state index contributed by atoms with van der Waals surface area (Å²) in [5.41, 5.74) is 0. The van der Waals surface area contributed by atoms with E-state index in [-0.39, 0.29) is 26.5 Å². The molecule has 11 heavy (non-hydrogen) atoms. The molecule has 1 aromatic carbocycles. The first kappa shape index (κ1) is 13.8. The summed E-state index contributed by atoms with van der Waals surface area (Å²) in [5, 5.41) is 0. The maximum Gasteiger partial charge on any atom is 0.0147 e. The maximum absolute atomic E-state index is 12.1. The molecule has 0 saturated heterocycles. The standard InChI is InChI=1S/C6H2BrF2.Mo.H2O/c7-4-1-5(8)3-6(9)2-4;;/h1-2H;;1H2/q-1;;/p-1. The van der Waals surface area contributed by atoms with Crippen LogP contribution in [0.5, 0.6) is 0 Å². The van der Waals surface area contributed by atoms with Crippen molar-refractivity contribution >= 4 is 15.9 Å². The fourth-order valence-corrected chi connectivity index (χ4v) is 0.872. The van der Waals surface area contributed by atoms with Crippen LogP contribution in [0.1, 0.15) is 0 Å². The molecule has 1 aromatic rings. The Balaban J connectivity index is 0. The zero-order chi connectivity index (χ0) is 6.85. The van der Waals surface area contributed by atoms with Crippen molar-refractivity contribution in [2.24, 2.45) is 0 Å². The van der Waals surface area contributed by atoms with Gasteiger partial charge in [-0.15, -0.1) is 18.2 Å². The van der Waals surface area contributed by atoms with Crippen molar-refractivity contribution in [3.8, 4) is 0 Å². The quantitative estimate of drug-likeness (QED) is 0.534. The van der Waals surface area contributed by atoms with Crippen LogP contribution in [-0.2, 0) is 21.1 Å². The number of halogens is 3. The summed E-state index contributed by atoms with van der Waals surface area (Å²) >= 11 is 2.91. The minimum absolute atomic E-state index is 0. The molecule has 0 aliphatic heterocycles. The Hall–Kier alpha value is 0.208. The van der Waals surface area contributed by atoms with E-state index in [1.165, 1.54) is 0 Å². The Morgan fingerprint density at radius 3 is 1.82 bits per heavy atom. The van der Waals surface area contributed by atoms with E-state index < -0.39 is 11.6 Å². The first-order valence-electron chi connectivity index (χ1n) is 2.22. The molecule has 0 saturated carbocycles. The molecule has 1 nitrogen and oxygen atoms in total. The van der Waals surface area contributed by atoms with E-state index in [1.807, 2.05) is 6.07 Å². The summed E-state index contributed by atoms with van der Waals surface area (Å²) < 4.78 is 24.6. The van der Waals surface area contributed by atoms with Crippen LogP contribution >= 0.6 is 15.9 Å². The van der Waals surface area contributed by atoms with Crippen LogP contribution in [0, 0.1) is 17.7 Å². The van der Waals surface area contributed by atoms with Crippen molar-refractivity contribution in [1.82, 2.24) is 0 Å². The zero-order valence-corrected chi connectivity index (χ0v) is 8.74. The van der Waals surface area contributed by atoms with E-state index in [0.29, 0.717) is 4.47 Å². The van der Waals surface area contributed by atoms with Gasteiger partial charge in [0, 0.05) is 32.7 Å². The molecule has 0 bridgehead atoms. The Bertz CT molecular complexity index is 181. The third-order valence-corrected chi connectivity index (χ3v) is 1.23. The summed E-state index contributed by atoms with van der Waals surface area (Å²) in [6, 6.07) is 4.13. The summed E-state index contributed by atoms with van der Waals surface area (Å²) in [6.45, 7) is 0. The third kappa shape index (κ3) is 4.61. The molecular formula is C6H3BrF2MoO-2. The van der Waals surface area contributed by atoms with Gasteiger partial charge in [-0.2, -0.15) is 0 Å². The molecule has 1 N–H and O–H groups in total. The van der Waals surface area contributed by atoms with Gasteiger partial charge in [0.05, 0.1) is 0 Å². The molecule has 62 valence electrons. The van der Waals surface area contributed by atoms with Crippen molar-refractivity contribution in [1.29, 1.82) is 0 Å². The summed E-state index contributed by atoms with van der Waals surface area (Å²) in [7, 11) is 0. The Morgan fingerprint density at radius 1 is 1.18 bits per heavy atom. The van der Waals surface area contributed by atoms with Crippen molar-refractivity contribution in [2.75, 3.05) is 0 Å². The number of hydrogen-bond donors (Lipinski definition) is 0. The van der Waals surface area contributed by atoms with Gasteiger partial charge in [0.2, 0.25) is 0 Å². The van der Waals surface area contributed by atoms with Crippen LogP contribution in [0.3, 0.4) is 0 Å². The van der Waals surface area contributed by atoms with Crippen molar-refractivity contribution < 1.29 is 35.3 Å². The maximum atomic E-state index is 12.1. The Morgan fingerprint density at radius 2 is 1.55 bits per heavy atom. The van der Waals surface area contributed by atoms with Crippen LogP contribution in [0.25, 0.3) is 0 Å². The number of hydrogen-bond acceptors (Lipinski definition) is 1. The molecule has 0 unspecified atom stereocenters. The van der Waals surface area contributed by atoms with E-state index in [9.17, 15) is 8.78 Å². The van der Waals surface area contributed by atoms with Gasteiger partial charge in [-0.05, 0) is 0 Å². The fourth-order valence-electron chi connectivity index (χ4n) is 0.470. The smallest absolute Gasteiger partial charge is 0.0147 e. The van der Waals surface area contributed by atoms with Crippen molar-refractivity contribution in [2.45, 2.75) is 0 Å². The number of benzene rings is 1. The van der Waals surface area contributed by atoms with E-state index in [0.717, 1.165) is 12.1 Å². The largest absolute Gasteiger partial charge is 0.870 e. The van der Waals surface area contributed by atoms with Gasteiger partial charge in [0.1, 0.15) is 0 Å². The molecule has 0 heterocycles. The number of rotatable bonds is 0. The molecule has 0 atom stereocenters. The van der Waals surface area contributed by atoms with Gasteiger partial charge in [-0.25, -0.2) is 8.78 Å². The fraction of sp³-hybridized carbons (Fsp3) is 0. The SMILES string of the molecule is Fc1[c-]c(F)cc(Br)c1.[Mo].[OH-]. The predicted octanol–water partition coefficient (Wildman–Crippen LogP) is 2.35. The van der Waals surface area contributed by atoms with Crippen LogP contribution in [0.15, 0.2) is 16.6 Å². The van der Waals surface area contributed by atoms with Gasteiger partial charge < -0.3 is 5.48 Å². The van der Waals surface area contributed by atoms with E-state index in [4.69, 9.17) is 0 Å². The Labute approximate surface area is 85.5 Å². The van der Waals surface area contributed by atoms with Gasteiger partial charge in [0.25, 0.3) is 0 Å². The molecule has 0 aliphatic rings. The van der Waals surface area contributed by atoms with Gasteiger partial charge in [-0.3, -0.25) is 0 Å². The first-order chi connectivity index (χ1) is 4.18. The second kappa shape index (κ2) is 5.81. The van der Waals surface area contributed by atoms with Crippen LogP contribution < -0.4 is 0 Å². The van der Waals surface area contributed by atoms with Crippen molar-refractivity contribution in [3.05, 3.63) is 34.3 Å². The average molecular weight is 305 g/mol. The van der Waals surface area contributed by atoms with Crippen LogP contribution in [0.4, 0.5) is 8.78 Å². The molecule has 0 spiro atoms. The third-order valence-electron chi connectivity index (χ3n) is 0.768. The Kier molecular flexibility index (Phi) is 7.27. The van der Waals surface area contributed by atoms with Gasteiger partial charge >= 0.3 is 0 Å². The minimum atomic E-state index is -0.693. The second-order valence-corrected chi connectivity index (χ2v) is 2.41. The average Bonchev–Trinajstić information content (AvgIpc) is 1.59. The molecule has 0 radical (unpaired) electrons. The minimum Gasteiger partial charge on any atom is -0.870 e. The molecular weight excluding hydrogens is 302 g/mol. The molecule has 0 fully saturated rings. The van der Waals surface area contributed by atoms with Crippen molar-refractivity contribution in [3.63, 3.8) is 0 Å². The van der Waals surface area contributed by atoms with Crippen LogP contribution in [-0.4, -0.2) is 5.48 Å². The second-order valence-electron chi connectivity index (χ2n) is 1.49. The summed E-state index contributed by atoms with van der Waals surface area (Å²) in [5.74, 6) is -1.39. The van der Waals surface area contributed by atoms with Gasteiger partial charge in [0.15, 0.2) is 0 Å². The molecule has 0 amide bonds. The zero-order valence-electron chi connectivity index (χ0n) is 5.14. The normalized spacial score (nSPS) is 7.91. The summed E-state index contributed by atoms with van der Waals surface area (Å²) in [4.78, 5) is 0. The van der Waals surface area contributed by atoms with E-state index in [2.05, 4.69) is 15.9 Å². The van der Waals surface area contributed by atoms with E-state index in [1.54, 1.807) is 0 Å². The van der Waals surface area contributed by atoms with Gasteiger partial charge in [-0.1, -0.05) is 20.4 Å². The molecule has 1 rings (SSSR count). The van der Waals surface area contributed by atoms with E-state index >= 15 is 0 Å². The van der Waals surface area contributed by atoms with Crippen LogP contribution in [0.2, 0.25) is 0 Å². The molecule has 5 heteroatoms. The first-order valence-corrected chi connectivity index (χ1v) is 3.01. The predicted molar refractivity (Wildman–Crippen MR) is 34.8 cm³/mol.